The smallest absolute Gasteiger partial charge is 0.319 e. The van der Waals surface area contributed by atoms with Crippen LogP contribution in [0.5, 0.6) is 0 Å². The maximum absolute atomic E-state index is 11.8. The van der Waals surface area contributed by atoms with Gasteiger partial charge in [0, 0.05) is 22.2 Å². The number of halogens is 1. The molecule has 0 N–H and O–H groups in total. The zero-order valence-corrected chi connectivity index (χ0v) is 16.1. The molecule has 0 bridgehead atoms. The standard InChI is InChI=1S/C21H23ClN2O2/c1-4-19(25)26-24-18-10-8-7-9-17(18)20(23-24)21(5-2,6-3)15-11-13-16(22)14-12-15/h7-14H,4-6H2,1-3H3. The second kappa shape index (κ2) is 7.50. The molecule has 2 aromatic carbocycles. The molecule has 0 saturated carbocycles. The van der Waals surface area contributed by atoms with Crippen molar-refractivity contribution in [1.29, 1.82) is 0 Å². The van der Waals surface area contributed by atoms with Crippen LogP contribution >= 0.6 is 11.6 Å². The van der Waals surface area contributed by atoms with Crippen molar-refractivity contribution in [3.8, 4) is 0 Å². The van der Waals surface area contributed by atoms with Gasteiger partial charge in [-0.15, -0.1) is 5.10 Å². The number of carbonyl (C=O) groups is 1. The van der Waals surface area contributed by atoms with Crippen LogP contribution in [0.25, 0.3) is 10.9 Å². The Bertz CT molecular complexity index is 911. The van der Waals surface area contributed by atoms with E-state index in [4.69, 9.17) is 21.5 Å². The fraction of sp³-hybridized carbons (Fsp3) is 0.333. The van der Waals surface area contributed by atoms with Gasteiger partial charge in [-0.1, -0.05) is 67.5 Å². The number of rotatable bonds is 6. The third-order valence-corrected chi connectivity index (χ3v) is 5.34. The van der Waals surface area contributed by atoms with Crippen molar-refractivity contribution in [3.05, 3.63) is 64.8 Å². The molecule has 3 aromatic rings. The highest BCUT2D eigenvalue weighted by Crippen LogP contribution is 2.41. The molecule has 0 spiro atoms. The van der Waals surface area contributed by atoms with Crippen molar-refractivity contribution in [2.75, 3.05) is 0 Å². The van der Waals surface area contributed by atoms with Crippen LogP contribution in [0, 0.1) is 0 Å². The van der Waals surface area contributed by atoms with Gasteiger partial charge in [-0.25, -0.2) is 4.79 Å². The van der Waals surface area contributed by atoms with E-state index >= 15 is 0 Å². The molecular formula is C21H23ClN2O2. The second-order valence-electron chi connectivity index (χ2n) is 6.35. The first-order valence-corrected chi connectivity index (χ1v) is 9.39. The summed E-state index contributed by atoms with van der Waals surface area (Å²) in [5.41, 5.74) is 2.59. The fourth-order valence-electron chi connectivity index (χ4n) is 3.52. The maximum atomic E-state index is 11.8. The minimum atomic E-state index is -0.310. The topological polar surface area (TPSA) is 44.1 Å². The normalized spacial score (nSPS) is 11.7. The summed E-state index contributed by atoms with van der Waals surface area (Å²) in [5.74, 6) is -0.310. The van der Waals surface area contributed by atoms with Gasteiger partial charge in [-0.05, 0) is 36.6 Å². The van der Waals surface area contributed by atoms with Crippen LogP contribution in [0.3, 0.4) is 0 Å². The third-order valence-electron chi connectivity index (χ3n) is 5.09. The van der Waals surface area contributed by atoms with Crippen LogP contribution in [-0.4, -0.2) is 15.9 Å². The largest absolute Gasteiger partial charge is 0.334 e. The highest BCUT2D eigenvalue weighted by molar-refractivity contribution is 6.30. The predicted molar refractivity (Wildman–Crippen MR) is 104 cm³/mol. The summed E-state index contributed by atoms with van der Waals surface area (Å²) in [7, 11) is 0. The Labute approximate surface area is 158 Å². The number of para-hydroxylation sites is 1. The van der Waals surface area contributed by atoms with Crippen LogP contribution in [-0.2, 0) is 10.2 Å². The minimum absolute atomic E-state index is 0.284. The highest BCUT2D eigenvalue weighted by Gasteiger charge is 2.36. The molecule has 4 nitrogen and oxygen atoms in total. The van der Waals surface area contributed by atoms with Gasteiger partial charge in [0.1, 0.15) is 5.52 Å². The van der Waals surface area contributed by atoms with Crippen LogP contribution in [0.4, 0.5) is 0 Å². The summed E-state index contributed by atoms with van der Waals surface area (Å²) in [5, 5.41) is 6.44. The van der Waals surface area contributed by atoms with Gasteiger partial charge in [-0.2, -0.15) is 0 Å². The molecule has 1 heterocycles. The van der Waals surface area contributed by atoms with Gasteiger partial charge >= 0.3 is 5.97 Å². The van der Waals surface area contributed by atoms with E-state index in [0.29, 0.717) is 11.4 Å². The van der Waals surface area contributed by atoms with Crippen molar-refractivity contribution in [3.63, 3.8) is 0 Å². The van der Waals surface area contributed by atoms with Crippen molar-refractivity contribution in [1.82, 2.24) is 9.94 Å². The van der Waals surface area contributed by atoms with Crippen LogP contribution in [0.1, 0.15) is 51.3 Å². The average molecular weight is 371 g/mol. The van der Waals surface area contributed by atoms with Crippen molar-refractivity contribution >= 4 is 28.5 Å². The molecule has 26 heavy (non-hydrogen) atoms. The number of hydrogen-bond donors (Lipinski definition) is 0. The molecule has 136 valence electrons. The maximum Gasteiger partial charge on any atom is 0.334 e. The van der Waals surface area contributed by atoms with E-state index in [-0.39, 0.29) is 11.4 Å². The summed E-state index contributed by atoms with van der Waals surface area (Å²) < 4.78 is 0. The number of benzene rings is 2. The second-order valence-corrected chi connectivity index (χ2v) is 6.79. The van der Waals surface area contributed by atoms with Crippen molar-refractivity contribution < 1.29 is 9.63 Å². The molecule has 0 unspecified atom stereocenters. The number of hydrogen-bond acceptors (Lipinski definition) is 3. The van der Waals surface area contributed by atoms with Crippen LogP contribution < -0.4 is 4.84 Å². The molecular weight excluding hydrogens is 348 g/mol. The van der Waals surface area contributed by atoms with Crippen LogP contribution in [0.15, 0.2) is 48.5 Å². The van der Waals surface area contributed by atoms with E-state index in [0.717, 1.165) is 35.0 Å². The lowest BCUT2D eigenvalue weighted by atomic mass is 9.72. The molecule has 0 fully saturated rings. The van der Waals surface area contributed by atoms with E-state index in [2.05, 4.69) is 26.0 Å². The summed E-state index contributed by atoms with van der Waals surface area (Å²) in [4.78, 5) is 18.6. The van der Waals surface area contributed by atoms with E-state index in [1.165, 1.54) is 4.85 Å². The summed E-state index contributed by atoms with van der Waals surface area (Å²) in [6.07, 6.45) is 2.04. The quantitative estimate of drug-likeness (QED) is 0.601. The van der Waals surface area contributed by atoms with E-state index in [1.807, 2.05) is 36.4 Å². The molecule has 0 atom stereocenters. The van der Waals surface area contributed by atoms with E-state index in [1.54, 1.807) is 6.92 Å². The Morgan fingerprint density at radius 2 is 1.73 bits per heavy atom. The first kappa shape index (κ1) is 18.5. The molecule has 0 radical (unpaired) electrons. The summed E-state index contributed by atoms with van der Waals surface area (Å²) >= 11 is 6.09. The van der Waals surface area contributed by atoms with Crippen molar-refractivity contribution in [2.45, 2.75) is 45.4 Å². The predicted octanol–water partition coefficient (Wildman–Crippen LogP) is 5.16. The molecule has 0 amide bonds. The van der Waals surface area contributed by atoms with Gasteiger partial charge in [0.2, 0.25) is 0 Å². The SMILES string of the molecule is CCC(=O)On1nc(C(CC)(CC)c2ccc(Cl)cc2)c2ccccc21. The Hall–Kier alpha value is -2.33. The third kappa shape index (κ3) is 3.10. The molecule has 0 aliphatic rings. The van der Waals surface area contributed by atoms with Gasteiger partial charge in [0.25, 0.3) is 0 Å². The van der Waals surface area contributed by atoms with E-state index in [9.17, 15) is 4.79 Å². The summed E-state index contributed by atoms with van der Waals surface area (Å²) in [6, 6.07) is 15.8. The summed E-state index contributed by atoms with van der Waals surface area (Å²) in [6.45, 7) is 6.08. The number of carbonyl (C=O) groups excluding carboxylic acids is 1. The average Bonchev–Trinajstić information content (AvgIpc) is 3.03. The van der Waals surface area contributed by atoms with Gasteiger partial charge in [0.15, 0.2) is 0 Å². The Balaban J connectivity index is 2.23. The lowest BCUT2D eigenvalue weighted by Crippen LogP contribution is -2.28. The Kier molecular flexibility index (Phi) is 5.33. The molecule has 5 heteroatoms. The lowest BCUT2D eigenvalue weighted by Gasteiger charge is -2.31. The zero-order valence-electron chi connectivity index (χ0n) is 15.3. The molecule has 0 saturated heterocycles. The number of nitrogens with zero attached hydrogens (tertiary/aromatic N) is 2. The van der Waals surface area contributed by atoms with Gasteiger partial charge in [-0.3, -0.25) is 0 Å². The van der Waals surface area contributed by atoms with Crippen molar-refractivity contribution in [2.24, 2.45) is 0 Å². The first-order chi connectivity index (χ1) is 12.6. The fourth-order valence-corrected chi connectivity index (χ4v) is 3.65. The molecule has 3 rings (SSSR count). The monoisotopic (exact) mass is 370 g/mol. The zero-order chi connectivity index (χ0) is 18.7. The molecule has 1 aromatic heterocycles. The lowest BCUT2D eigenvalue weighted by molar-refractivity contribution is -0.144. The Morgan fingerprint density at radius 1 is 1.08 bits per heavy atom. The number of fused-ring (bicyclic) bond motifs is 1. The molecule has 0 aliphatic heterocycles. The van der Waals surface area contributed by atoms with E-state index < -0.39 is 0 Å². The van der Waals surface area contributed by atoms with Gasteiger partial charge in [0.05, 0.1) is 5.69 Å². The number of aromatic nitrogens is 2. The van der Waals surface area contributed by atoms with Gasteiger partial charge < -0.3 is 4.84 Å². The Morgan fingerprint density at radius 3 is 2.35 bits per heavy atom. The minimum Gasteiger partial charge on any atom is -0.319 e. The highest BCUT2D eigenvalue weighted by atomic mass is 35.5. The van der Waals surface area contributed by atoms with Crippen LogP contribution in [0.2, 0.25) is 5.02 Å². The first-order valence-electron chi connectivity index (χ1n) is 9.01. The molecule has 0 aliphatic carbocycles.